The molecule has 1 atom stereocenters. The van der Waals surface area contributed by atoms with E-state index in [-0.39, 0.29) is 11.9 Å². The summed E-state index contributed by atoms with van der Waals surface area (Å²) in [6.07, 6.45) is 3.56. The minimum absolute atomic E-state index is 0.0437. The van der Waals surface area contributed by atoms with E-state index in [9.17, 15) is 4.79 Å². The maximum Gasteiger partial charge on any atom is 0.247 e. The Bertz CT molecular complexity index is 677. The predicted octanol–water partition coefficient (Wildman–Crippen LogP) is 2.62. The molecule has 0 unspecified atom stereocenters. The largest absolute Gasteiger partial charge is 0.336 e. The van der Waals surface area contributed by atoms with Gasteiger partial charge in [-0.25, -0.2) is 4.98 Å². The standard InChI is InChI=1S/C15H14N4OS/c16-10-11-3-1-4-12(9-11)18-14(20)13-5-2-7-19(13)15-17-6-8-21-15/h1,3-4,6,8-9,13H,2,5,7H2,(H,18,20)/t13-/m0/s1. The van der Waals surface area contributed by atoms with E-state index in [4.69, 9.17) is 5.26 Å². The molecule has 0 spiro atoms. The topological polar surface area (TPSA) is 69.0 Å². The highest BCUT2D eigenvalue weighted by molar-refractivity contribution is 7.13. The lowest BCUT2D eigenvalue weighted by molar-refractivity contribution is -0.117. The zero-order valence-corrected chi connectivity index (χ0v) is 12.1. The summed E-state index contributed by atoms with van der Waals surface area (Å²) in [6, 6.07) is 8.83. The molecule has 2 heterocycles. The number of carbonyl (C=O) groups excluding carboxylic acids is 1. The van der Waals surface area contributed by atoms with E-state index in [0.29, 0.717) is 11.3 Å². The molecule has 0 aliphatic carbocycles. The molecule has 0 radical (unpaired) electrons. The highest BCUT2D eigenvalue weighted by Crippen LogP contribution is 2.28. The van der Waals surface area contributed by atoms with Crippen molar-refractivity contribution < 1.29 is 4.79 Å². The van der Waals surface area contributed by atoms with E-state index >= 15 is 0 Å². The van der Waals surface area contributed by atoms with Gasteiger partial charge in [-0.2, -0.15) is 5.26 Å². The van der Waals surface area contributed by atoms with Crippen molar-refractivity contribution in [2.75, 3.05) is 16.8 Å². The summed E-state index contributed by atoms with van der Waals surface area (Å²) in [7, 11) is 0. The summed E-state index contributed by atoms with van der Waals surface area (Å²) in [5.41, 5.74) is 1.20. The third kappa shape index (κ3) is 2.88. The van der Waals surface area contributed by atoms with Gasteiger partial charge in [0.2, 0.25) is 5.91 Å². The Kier molecular flexibility index (Phi) is 3.84. The van der Waals surface area contributed by atoms with Crippen molar-refractivity contribution in [1.29, 1.82) is 5.26 Å². The van der Waals surface area contributed by atoms with Gasteiger partial charge in [-0.05, 0) is 31.0 Å². The van der Waals surface area contributed by atoms with Crippen LogP contribution in [0.2, 0.25) is 0 Å². The lowest BCUT2D eigenvalue weighted by Gasteiger charge is -2.23. The molecule has 21 heavy (non-hydrogen) atoms. The summed E-state index contributed by atoms with van der Waals surface area (Å²) in [5, 5.41) is 14.6. The molecule has 6 heteroatoms. The molecule has 5 nitrogen and oxygen atoms in total. The minimum atomic E-state index is -0.193. The van der Waals surface area contributed by atoms with Gasteiger partial charge in [0.05, 0.1) is 11.6 Å². The second-order valence-corrected chi connectivity index (χ2v) is 5.72. The van der Waals surface area contributed by atoms with Gasteiger partial charge >= 0.3 is 0 Å². The Labute approximate surface area is 126 Å². The maximum absolute atomic E-state index is 12.5. The van der Waals surface area contributed by atoms with Crippen LogP contribution in [0.25, 0.3) is 0 Å². The van der Waals surface area contributed by atoms with Crippen molar-refractivity contribution in [2.45, 2.75) is 18.9 Å². The van der Waals surface area contributed by atoms with E-state index in [2.05, 4.69) is 16.4 Å². The van der Waals surface area contributed by atoms with E-state index < -0.39 is 0 Å². The first kappa shape index (κ1) is 13.6. The van der Waals surface area contributed by atoms with Crippen molar-refractivity contribution in [3.8, 4) is 6.07 Å². The number of hydrogen-bond acceptors (Lipinski definition) is 5. The van der Waals surface area contributed by atoms with Crippen LogP contribution < -0.4 is 10.2 Å². The van der Waals surface area contributed by atoms with Gasteiger partial charge in [-0.15, -0.1) is 11.3 Å². The van der Waals surface area contributed by atoms with E-state index in [0.717, 1.165) is 24.5 Å². The average Bonchev–Trinajstić information content (AvgIpc) is 3.18. The number of anilines is 2. The molecule has 1 fully saturated rings. The van der Waals surface area contributed by atoms with Crippen molar-refractivity contribution in [3.05, 3.63) is 41.4 Å². The molecule has 1 aromatic heterocycles. The quantitative estimate of drug-likeness (QED) is 0.945. The number of rotatable bonds is 3. The number of nitrogens with one attached hydrogen (secondary N) is 1. The van der Waals surface area contributed by atoms with Crippen molar-refractivity contribution in [1.82, 2.24) is 4.98 Å². The van der Waals surface area contributed by atoms with E-state index in [1.165, 1.54) is 0 Å². The summed E-state index contributed by atoms with van der Waals surface area (Å²) in [6.45, 7) is 0.851. The molecule has 1 aliphatic rings. The number of benzene rings is 1. The number of amides is 1. The predicted molar refractivity (Wildman–Crippen MR) is 82.3 cm³/mol. The highest BCUT2D eigenvalue weighted by Gasteiger charge is 2.32. The smallest absolute Gasteiger partial charge is 0.247 e. The molecule has 1 amide bonds. The van der Waals surface area contributed by atoms with Gasteiger partial charge in [0.25, 0.3) is 0 Å². The number of carbonyl (C=O) groups is 1. The Morgan fingerprint density at radius 3 is 3.19 bits per heavy atom. The molecule has 2 aromatic rings. The highest BCUT2D eigenvalue weighted by atomic mass is 32.1. The maximum atomic E-state index is 12.5. The van der Waals surface area contributed by atoms with Crippen molar-refractivity contribution in [2.24, 2.45) is 0 Å². The number of thiazole rings is 1. The van der Waals surface area contributed by atoms with Crippen LogP contribution in [0.4, 0.5) is 10.8 Å². The zero-order chi connectivity index (χ0) is 14.7. The van der Waals surface area contributed by atoms with Crippen LogP contribution in [-0.2, 0) is 4.79 Å². The van der Waals surface area contributed by atoms with Gasteiger partial charge in [0.15, 0.2) is 5.13 Å². The molecular weight excluding hydrogens is 284 g/mol. The Hall–Kier alpha value is -2.39. The first-order chi connectivity index (χ1) is 10.3. The normalized spacial score (nSPS) is 17.5. The number of nitriles is 1. The third-order valence-electron chi connectivity index (χ3n) is 3.48. The van der Waals surface area contributed by atoms with Crippen LogP contribution in [0.5, 0.6) is 0 Å². The summed E-state index contributed by atoms with van der Waals surface area (Å²) >= 11 is 1.55. The van der Waals surface area contributed by atoms with Crippen LogP contribution in [0.15, 0.2) is 35.8 Å². The van der Waals surface area contributed by atoms with E-state index in [1.54, 1.807) is 41.8 Å². The minimum Gasteiger partial charge on any atom is -0.336 e. The van der Waals surface area contributed by atoms with Gasteiger partial charge < -0.3 is 10.2 Å². The SMILES string of the molecule is N#Cc1cccc(NC(=O)[C@@H]2CCCN2c2nccs2)c1. The van der Waals surface area contributed by atoms with Crippen LogP contribution in [0.1, 0.15) is 18.4 Å². The van der Waals surface area contributed by atoms with Crippen molar-refractivity contribution >= 4 is 28.1 Å². The molecule has 1 aliphatic heterocycles. The summed E-state index contributed by atoms with van der Waals surface area (Å²) in [4.78, 5) is 18.8. The molecule has 0 bridgehead atoms. The van der Waals surface area contributed by atoms with Gasteiger partial charge in [-0.3, -0.25) is 4.79 Å². The summed E-state index contributed by atoms with van der Waals surface area (Å²) in [5.74, 6) is -0.0437. The Morgan fingerprint density at radius 2 is 2.43 bits per heavy atom. The van der Waals surface area contributed by atoms with Crippen LogP contribution in [0.3, 0.4) is 0 Å². The van der Waals surface area contributed by atoms with Crippen LogP contribution >= 0.6 is 11.3 Å². The first-order valence-corrected chi connectivity index (χ1v) is 7.63. The first-order valence-electron chi connectivity index (χ1n) is 6.75. The Morgan fingerprint density at radius 1 is 1.52 bits per heavy atom. The monoisotopic (exact) mass is 298 g/mol. The summed E-state index contributed by atoms with van der Waals surface area (Å²) < 4.78 is 0. The van der Waals surface area contributed by atoms with Crippen LogP contribution in [0, 0.1) is 11.3 Å². The third-order valence-corrected chi connectivity index (χ3v) is 4.29. The van der Waals surface area contributed by atoms with Crippen molar-refractivity contribution in [3.63, 3.8) is 0 Å². The fourth-order valence-electron chi connectivity index (χ4n) is 2.52. The number of hydrogen-bond donors (Lipinski definition) is 1. The molecule has 3 rings (SSSR count). The molecule has 0 saturated carbocycles. The fourth-order valence-corrected chi connectivity index (χ4v) is 3.24. The van der Waals surface area contributed by atoms with Gasteiger partial charge in [0.1, 0.15) is 6.04 Å². The lowest BCUT2D eigenvalue weighted by Crippen LogP contribution is -2.39. The Balaban J connectivity index is 1.74. The molecule has 106 valence electrons. The molecular formula is C15H14N4OS. The van der Waals surface area contributed by atoms with Gasteiger partial charge in [-0.1, -0.05) is 6.07 Å². The molecule has 1 aromatic carbocycles. The van der Waals surface area contributed by atoms with Gasteiger partial charge in [0, 0.05) is 23.8 Å². The second kappa shape index (κ2) is 5.94. The lowest BCUT2D eigenvalue weighted by atomic mass is 10.2. The molecule has 1 saturated heterocycles. The average molecular weight is 298 g/mol. The van der Waals surface area contributed by atoms with Crippen LogP contribution in [-0.4, -0.2) is 23.5 Å². The molecule has 1 N–H and O–H groups in total. The second-order valence-electron chi connectivity index (χ2n) is 4.85. The number of nitrogens with zero attached hydrogens (tertiary/aromatic N) is 3. The zero-order valence-electron chi connectivity index (χ0n) is 11.3. The fraction of sp³-hybridized carbons (Fsp3) is 0.267. The van der Waals surface area contributed by atoms with E-state index in [1.807, 2.05) is 10.3 Å². The number of aromatic nitrogens is 1.